The summed E-state index contributed by atoms with van der Waals surface area (Å²) in [5, 5.41) is 5.34. The summed E-state index contributed by atoms with van der Waals surface area (Å²) in [6, 6.07) is 17.5. The lowest BCUT2D eigenvalue weighted by Gasteiger charge is -2.34. The Bertz CT molecular complexity index is 1690. The van der Waals surface area contributed by atoms with Crippen molar-refractivity contribution in [3.05, 3.63) is 98.1 Å². The molecule has 0 bridgehead atoms. The number of hydrogen-bond acceptors (Lipinski definition) is 3. The monoisotopic (exact) mass is 594 g/mol. The Morgan fingerprint density at radius 3 is 2.27 bits per heavy atom. The van der Waals surface area contributed by atoms with Crippen LogP contribution in [0.1, 0.15) is 40.1 Å². The fourth-order valence-electron chi connectivity index (χ4n) is 5.73. The number of piperazine rings is 1. The molecule has 4 aromatic rings. The lowest BCUT2D eigenvalue weighted by molar-refractivity contribution is -0.130. The molecule has 2 aliphatic heterocycles. The Hall–Kier alpha value is -3.52. The quantitative estimate of drug-likeness (QED) is 0.313. The van der Waals surface area contributed by atoms with Crippen LogP contribution in [0.25, 0.3) is 10.9 Å². The highest BCUT2D eigenvalue weighted by Crippen LogP contribution is 2.41. The van der Waals surface area contributed by atoms with Crippen LogP contribution in [0.3, 0.4) is 0 Å². The fourth-order valence-corrected chi connectivity index (χ4v) is 6.28. The van der Waals surface area contributed by atoms with E-state index < -0.39 is 6.04 Å². The number of hydrogen-bond donors (Lipinski definition) is 1. The van der Waals surface area contributed by atoms with E-state index in [1.54, 1.807) is 40.1 Å². The topological polar surface area (TPSA) is 74.7 Å². The van der Waals surface area contributed by atoms with Crippen LogP contribution in [0.15, 0.2) is 60.7 Å². The predicted molar refractivity (Wildman–Crippen MR) is 158 cm³/mol. The molecular weight excluding hydrogens is 571 g/mol. The summed E-state index contributed by atoms with van der Waals surface area (Å²) >= 11 is 19.0. The molecule has 3 heterocycles. The van der Waals surface area contributed by atoms with Gasteiger partial charge in [-0.05, 0) is 47.5 Å². The number of nitrogens with one attached hydrogen (secondary N) is 1. The Morgan fingerprint density at radius 2 is 1.55 bits per heavy atom. The van der Waals surface area contributed by atoms with E-state index in [0.717, 1.165) is 22.1 Å². The number of amides is 3. The summed E-state index contributed by atoms with van der Waals surface area (Å²) in [5.74, 6) is -0.489. The molecule has 7 nitrogen and oxygen atoms in total. The SMILES string of the molecule is CC(=O)N1CCN(C(=O)c2c(Cc3cccc(Cl)c3)c3ccc(Cl)cc3n2C2C(=O)Nc3cc(Cl)ccc32)CC1. The lowest BCUT2D eigenvalue weighted by atomic mass is 10.0. The van der Waals surface area contributed by atoms with Gasteiger partial charge in [0.1, 0.15) is 11.7 Å². The number of carbonyl (C=O) groups excluding carboxylic acids is 3. The van der Waals surface area contributed by atoms with Crippen molar-refractivity contribution in [1.29, 1.82) is 0 Å². The maximum atomic E-state index is 14.4. The Balaban J connectivity index is 1.57. The summed E-state index contributed by atoms with van der Waals surface area (Å²) < 4.78 is 1.82. The number of rotatable bonds is 4. The van der Waals surface area contributed by atoms with Crippen LogP contribution in [0.5, 0.6) is 0 Å². The van der Waals surface area contributed by atoms with Crippen LogP contribution < -0.4 is 5.32 Å². The molecule has 3 amide bonds. The third-order valence-electron chi connectivity index (χ3n) is 7.63. The number of fused-ring (bicyclic) bond motifs is 2. The predicted octanol–water partition coefficient (Wildman–Crippen LogP) is 6.04. The van der Waals surface area contributed by atoms with E-state index in [9.17, 15) is 14.4 Å². The van der Waals surface area contributed by atoms with Crippen molar-refractivity contribution in [2.75, 3.05) is 31.5 Å². The molecule has 3 aromatic carbocycles. The van der Waals surface area contributed by atoms with Gasteiger partial charge in [0.05, 0.1) is 5.52 Å². The second kappa shape index (κ2) is 10.5. The lowest BCUT2D eigenvalue weighted by Crippen LogP contribution is -2.50. The summed E-state index contributed by atoms with van der Waals surface area (Å²) in [4.78, 5) is 43.4. The van der Waals surface area contributed by atoms with Gasteiger partial charge in [-0.15, -0.1) is 0 Å². The molecule has 0 saturated carbocycles. The number of carbonyl (C=O) groups is 3. The van der Waals surface area contributed by atoms with Crippen molar-refractivity contribution in [3.8, 4) is 0 Å². The van der Waals surface area contributed by atoms with Gasteiger partial charge in [0, 0.05) is 71.2 Å². The van der Waals surface area contributed by atoms with Gasteiger partial charge in [-0.3, -0.25) is 14.4 Å². The van der Waals surface area contributed by atoms with Gasteiger partial charge in [-0.1, -0.05) is 59.1 Å². The zero-order chi connectivity index (χ0) is 28.1. The van der Waals surface area contributed by atoms with Gasteiger partial charge in [-0.25, -0.2) is 0 Å². The molecule has 0 aliphatic carbocycles. The molecule has 1 atom stereocenters. The summed E-state index contributed by atoms with van der Waals surface area (Å²) in [7, 11) is 0. The molecular formula is C30H25Cl3N4O3. The smallest absolute Gasteiger partial charge is 0.270 e. The van der Waals surface area contributed by atoms with Gasteiger partial charge < -0.3 is 19.7 Å². The Labute approximate surface area is 246 Å². The van der Waals surface area contributed by atoms with Gasteiger partial charge >= 0.3 is 0 Å². The largest absolute Gasteiger partial charge is 0.339 e. The minimum absolute atomic E-state index is 0.0182. The Kier molecular flexibility index (Phi) is 6.98. The van der Waals surface area contributed by atoms with E-state index in [-0.39, 0.29) is 17.7 Å². The summed E-state index contributed by atoms with van der Waals surface area (Å²) in [5.41, 5.74) is 4.13. The highest BCUT2D eigenvalue weighted by atomic mass is 35.5. The molecule has 6 rings (SSSR count). The molecule has 2 aliphatic rings. The van der Waals surface area contributed by atoms with E-state index in [2.05, 4.69) is 5.32 Å². The van der Waals surface area contributed by atoms with E-state index in [0.29, 0.717) is 64.6 Å². The normalized spacial score (nSPS) is 16.8. The standard InChI is InChI=1S/C30H25Cl3N4O3/c1-17(38)35-9-11-36(12-10-35)30(40)28-24(14-18-3-2-4-19(31)13-18)22-7-5-21(33)16-26(22)37(28)27-23-8-6-20(32)15-25(23)34-29(27)39/h2-8,13,15-16,27H,9-12,14H2,1H3,(H,34,39). The number of halogens is 3. The van der Waals surface area contributed by atoms with Gasteiger partial charge in [0.2, 0.25) is 5.91 Å². The van der Waals surface area contributed by atoms with Crippen molar-refractivity contribution in [2.24, 2.45) is 0 Å². The second-order valence-electron chi connectivity index (χ2n) is 10.1. The molecule has 1 saturated heterocycles. The first-order valence-electron chi connectivity index (χ1n) is 12.9. The molecule has 10 heteroatoms. The minimum Gasteiger partial charge on any atom is -0.339 e. The van der Waals surface area contributed by atoms with E-state index in [1.807, 2.05) is 34.9 Å². The molecule has 1 fully saturated rings. The second-order valence-corrected chi connectivity index (χ2v) is 11.4. The van der Waals surface area contributed by atoms with E-state index in [1.165, 1.54) is 6.92 Å². The number of nitrogens with zero attached hydrogens (tertiary/aromatic N) is 3. The van der Waals surface area contributed by atoms with Crippen molar-refractivity contribution >= 4 is 69.1 Å². The first kappa shape index (κ1) is 26.7. The highest BCUT2D eigenvalue weighted by molar-refractivity contribution is 6.32. The van der Waals surface area contributed by atoms with Crippen LogP contribution in [0, 0.1) is 0 Å². The fraction of sp³-hybridized carbons (Fsp3) is 0.233. The molecule has 0 radical (unpaired) electrons. The number of anilines is 1. The zero-order valence-electron chi connectivity index (χ0n) is 21.6. The third-order valence-corrected chi connectivity index (χ3v) is 8.34. The average molecular weight is 596 g/mol. The van der Waals surface area contributed by atoms with Crippen molar-refractivity contribution in [1.82, 2.24) is 14.4 Å². The summed E-state index contributed by atoms with van der Waals surface area (Å²) in [6.07, 6.45) is 0.419. The first-order chi connectivity index (χ1) is 19.2. The van der Waals surface area contributed by atoms with Gasteiger partial charge in [-0.2, -0.15) is 0 Å². The molecule has 0 spiro atoms. The number of benzene rings is 3. The van der Waals surface area contributed by atoms with Gasteiger partial charge in [0.15, 0.2) is 0 Å². The van der Waals surface area contributed by atoms with Crippen molar-refractivity contribution in [2.45, 2.75) is 19.4 Å². The van der Waals surface area contributed by atoms with Gasteiger partial charge in [0.25, 0.3) is 11.8 Å². The zero-order valence-corrected chi connectivity index (χ0v) is 23.9. The average Bonchev–Trinajstić information content (AvgIpc) is 3.40. The molecule has 1 aromatic heterocycles. The highest BCUT2D eigenvalue weighted by Gasteiger charge is 2.38. The van der Waals surface area contributed by atoms with Crippen molar-refractivity contribution in [3.63, 3.8) is 0 Å². The summed E-state index contributed by atoms with van der Waals surface area (Å²) in [6.45, 7) is 3.20. The molecule has 1 N–H and O–H groups in total. The molecule has 204 valence electrons. The van der Waals surface area contributed by atoms with Crippen LogP contribution in [-0.2, 0) is 16.0 Å². The van der Waals surface area contributed by atoms with Crippen LogP contribution in [0.2, 0.25) is 15.1 Å². The first-order valence-corrected chi connectivity index (χ1v) is 14.1. The van der Waals surface area contributed by atoms with E-state index in [4.69, 9.17) is 34.8 Å². The van der Waals surface area contributed by atoms with Crippen LogP contribution >= 0.6 is 34.8 Å². The Morgan fingerprint density at radius 1 is 0.875 bits per heavy atom. The van der Waals surface area contributed by atoms with Crippen LogP contribution in [-0.4, -0.2) is 58.3 Å². The maximum Gasteiger partial charge on any atom is 0.270 e. The maximum absolute atomic E-state index is 14.4. The molecule has 40 heavy (non-hydrogen) atoms. The van der Waals surface area contributed by atoms with Crippen molar-refractivity contribution < 1.29 is 14.4 Å². The molecule has 1 unspecified atom stereocenters. The minimum atomic E-state index is -0.807. The third kappa shape index (κ3) is 4.72. The van der Waals surface area contributed by atoms with E-state index >= 15 is 0 Å². The van der Waals surface area contributed by atoms with Crippen LogP contribution in [0.4, 0.5) is 5.69 Å². The number of aromatic nitrogens is 1.